The first-order valence-electron chi connectivity index (χ1n) is 5.41. The molecule has 0 heterocycles. The van der Waals surface area contributed by atoms with Gasteiger partial charge >= 0.3 is 10.3 Å². The Kier molecular flexibility index (Phi) is 6.18. The molecule has 2 N–H and O–H groups in total. The molecule has 0 aliphatic rings. The number of hydrogen-bond acceptors (Lipinski definition) is 5. The van der Waals surface area contributed by atoms with Gasteiger partial charge in [0.2, 0.25) is 0 Å². The van der Waals surface area contributed by atoms with Crippen LogP contribution >= 0.6 is 11.6 Å². The lowest BCUT2D eigenvalue weighted by Gasteiger charge is -2.24. The first kappa shape index (κ1) is 16.4. The van der Waals surface area contributed by atoms with Gasteiger partial charge in [-0.1, -0.05) is 29.8 Å². The molecule has 6 nitrogen and oxygen atoms in total. The Morgan fingerprint density at radius 3 is 2.53 bits per heavy atom. The summed E-state index contributed by atoms with van der Waals surface area (Å²) in [7, 11) is -2.62. The van der Waals surface area contributed by atoms with E-state index in [0.29, 0.717) is 10.6 Å². The SMILES string of the molecule is COCO[C@H](c1ccccc1Cl)[C@@H](C)OS(N)(=O)=O. The molecule has 1 aromatic rings. The van der Waals surface area contributed by atoms with E-state index in [-0.39, 0.29) is 6.79 Å². The number of methoxy groups -OCH3 is 1. The molecule has 1 rings (SSSR count). The summed E-state index contributed by atoms with van der Waals surface area (Å²) in [6, 6.07) is 6.90. The lowest BCUT2D eigenvalue weighted by Crippen LogP contribution is -2.29. The fraction of sp³-hybridized carbons (Fsp3) is 0.455. The van der Waals surface area contributed by atoms with Crippen LogP contribution in [-0.4, -0.2) is 28.4 Å². The molecule has 108 valence electrons. The highest BCUT2D eigenvalue weighted by molar-refractivity contribution is 7.84. The number of ether oxygens (including phenoxy) is 2. The lowest BCUT2D eigenvalue weighted by molar-refractivity contribution is -0.104. The molecule has 0 spiro atoms. The predicted octanol–water partition coefficient (Wildman–Crippen LogP) is 1.61. The van der Waals surface area contributed by atoms with Gasteiger partial charge in [-0.25, -0.2) is 5.14 Å². The summed E-state index contributed by atoms with van der Waals surface area (Å²) in [5.74, 6) is 0. The van der Waals surface area contributed by atoms with Crippen molar-refractivity contribution in [3.63, 3.8) is 0 Å². The van der Waals surface area contributed by atoms with Gasteiger partial charge in [-0.05, 0) is 13.0 Å². The van der Waals surface area contributed by atoms with Crippen molar-refractivity contribution in [2.75, 3.05) is 13.9 Å². The van der Waals surface area contributed by atoms with Crippen molar-refractivity contribution >= 4 is 21.9 Å². The van der Waals surface area contributed by atoms with E-state index in [0.717, 1.165) is 0 Å². The Morgan fingerprint density at radius 1 is 1.37 bits per heavy atom. The van der Waals surface area contributed by atoms with Crippen molar-refractivity contribution in [1.29, 1.82) is 0 Å². The van der Waals surface area contributed by atoms with Gasteiger partial charge in [-0.15, -0.1) is 0 Å². The van der Waals surface area contributed by atoms with E-state index in [9.17, 15) is 8.42 Å². The van der Waals surface area contributed by atoms with Gasteiger partial charge in [0.1, 0.15) is 19.0 Å². The third kappa shape index (κ3) is 5.43. The molecule has 0 fully saturated rings. The number of rotatable bonds is 7. The summed E-state index contributed by atoms with van der Waals surface area (Å²) >= 11 is 6.06. The summed E-state index contributed by atoms with van der Waals surface area (Å²) < 4.78 is 36.9. The van der Waals surface area contributed by atoms with Gasteiger partial charge in [-0.2, -0.15) is 8.42 Å². The molecule has 0 unspecified atom stereocenters. The zero-order valence-corrected chi connectivity index (χ0v) is 12.1. The van der Waals surface area contributed by atoms with Crippen molar-refractivity contribution in [2.45, 2.75) is 19.1 Å². The maximum Gasteiger partial charge on any atom is 0.333 e. The molecule has 2 atom stereocenters. The zero-order valence-electron chi connectivity index (χ0n) is 10.6. The highest BCUT2D eigenvalue weighted by Crippen LogP contribution is 2.29. The first-order chi connectivity index (χ1) is 8.85. The van der Waals surface area contributed by atoms with Gasteiger partial charge in [0.15, 0.2) is 0 Å². The minimum Gasteiger partial charge on any atom is -0.359 e. The first-order valence-corrected chi connectivity index (χ1v) is 7.26. The molecule has 0 amide bonds. The van der Waals surface area contributed by atoms with Crippen molar-refractivity contribution in [1.82, 2.24) is 0 Å². The molecule has 1 aromatic carbocycles. The van der Waals surface area contributed by atoms with E-state index < -0.39 is 22.5 Å². The van der Waals surface area contributed by atoms with Crippen molar-refractivity contribution in [2.24, 2.45) is 5.14 Å². The molecule has 0 aromatic heterocycles. The maximum atomic E-state index is 11.0. The van der Waals surface area contributed by atoms with E-state index in [1.54, 1.807) is 24.3 Å². The quantitative estimate of drug-likeness (QED) is 0.773. The molecule has 8 heteroatoms. The second-order valence-corrected chi connectivity index (χ2v) is 5.39. The van der Waals surface area contributed by atoms with Crippen LogP contribution in [0.25, 0.3) is 0 Å². The minimum absolute atomic E-state index is 0.0335. The van der Waals surface area contributed by atoms with Gasteiger partial charge < -0.3 is 9.47 Å². The van der Waals surface area contributed by atoms with Gasteiger partial charge in [0, 0.05) is 17.7 Å². The summed E-state index contributed by atoms with van der Waals surface area (Å²) in [4.78, 5) is 0. The standard InChI is InChI=1S/C11H16ClNO5S/c1-8(18-19(13,14)15)11(17-7-16-2)9-5-3-4-6-10(9)12/h3-6,8,11H,7H2,1-2H3,(H2,13,14,15)/t8-,11+/m1/s1. The normalized spacial score (nSPS) is 15.2. The van der Waals surface area contributed by atoms with Crippen LogP contribution in [0.15, 0.2) is 24.3 Å². The molecule has 0 saturated carbocycles. The average Bonchev–Trinajstić information content (AvgIpc) is 2.29. The molecular formula is C11H16ClNO5S. The average molecular weight is 310 g/mol. The van der Waals surface area contributed by atoms with Crippen LogP contribution < -0.4 is 5.14 Å². The van der Waals surface area contributed by atoms with Crippen molar-refractivity contribution < 1.29 is 22.1 Å². The summed E-state index contributed by atoms with van der Waals surface area (Å²) in [6.07, 6.45) is -1.56. The Bertz CT molecular complexity index is 508. The summed E-state index contributed by atoms with van der Waals surface area (Å²) in [5, 5.41) is 5.29. The van der Waals surface area contributed by atoms with E-state index in [1.807, 2.05) is 0 Å². The second-order valence-electron chi connectivity index (χ2n) is 3.81. The fourth-order valence-electron chi connectivity index (χ4n) is 1.59. The molecule has 0 saturated heterocycles. The molecular weight excluding hydrogens is 294 g/mol. The fourth-order valence-corrected chi connectivity index (χ4v) is 2.35. The van der Waals surface area contributed by atoms with Crippen LogP contribution in [0.5, 0.6) is 0 Å². The summed E-state index contributed by atoms with van der Waals surface area (Å²) in [5.41, 5.74) is 0.595. The van der Waals surface area contributed by atoms with Crippen LogP contribution in [0.2, 0.25) is 5.02 Å². The Balaban J connectivity index is 2.97. The predicted molar refractivity (Wildman–Crippen MR) is 70.8 cm³/mol. The Morgan fingerprint density at radius 2 is 2.00 bits per heavy atom. The number of benzene rings is 1. The smallest absolute Gasteiger partial charge is 0.333 e. The van der Waals surface area contributed by atoms with E-state index in [1.165, 1.54) is 14.0 Å². The third-order valence-electron chi connectivity index (χ3n) is 2.29. The molecule has 0 radical (unpaired) electrons. The van der Waals surface area contributed by atoms with E-state index >= 15 is 0 Å². The summed E-state index contributed by atoms with van der Waals surface area (Å²) in [6.45, 7) is 1.49. The topological polar surface area (TPSA) is 87.8 Å². The van der Waals surface area contributed by atoms with Crippen molar-refractivity contribution in [3.8, 4) is 0 Å². The lowest BCUT2D eigenvalue weighted by atomic mass is 10.1. The van der Waals surface area contributed by atoms with Crippen LogP contribution in [-0.2, 0) is 24.0 Å². The number of halogens is 1. The van der Waals surface area contributed by atoms with Crippen LogP contribution in [0.1, 0.15) is 18.6 Å². The Labute approximate surface area is 117 Å². The largest absolute Gasteiger partial charge is 0.359 e. The van der Waals surface area contributed by atoms with Crippen LogP contribution in [0.3, 0.4) is 0 Å². The number of hydrogen-bond donors (Lipinski definition) is 1. The zero-order chi connectivity index (χ0) is 14.5. The van der Waals surface area contributed by atoms with Gasteiger partial charge in [0.05, 0.1) is 0 Å². The molecule has 0 aliphatic carbocycles. The Hall–Kier alpha value is -0.700. The molecule has 19 heavy (non-hydrogen) atoms. The molecule has 0 bridgehead atoms. The highest BCUT2D eigenvalue weighted by atomic mass is 35.5. The maximum absolute atomic E-state index is 11.0. The van der Waals surface area contributed by atoms with E-state index in [2.05, 4.69) is 0 Å². The van der Waals surface area contributed by atoms with E-state index in [4.69, 9.17) is 30.4 Å². The monoisotopic (exact) mass is 309 g/mol. The molecule has 0 aliphatic heterocycles. The van der Waals surface area contributed by atoms with Crippen LogP contribution in [0.4, 0.5) is 0 Å². The number of nitrogens with two attached hydrogens (primary N) is 1. The second kappa shape index (κ2) is 7.18. The van der Waals surface area contributed by atoms with Gasteiger partial charge in [0.25, 0.3) is 0 Å². The van der Waals surface area contributed by atoms with Crippen LogP contribution in [0, 0.1) is 0 Å². The third-order valence-corrected chi connectivity index (χ3v) is 3.21. The van der Waals surface area contributed by atoms with Crippen molar-refractivity contribution in [3.05, 3.63) is 34.9 Å². The van der Waals surface area contributed by atoms with Gasteiger partial charge in [-0.3, -0.25) is 4.18 Å². The highest BCUT2D eigenvalue weighted by Gasteiger charge is 2.26. The minimum atomic E-state index is -4.08.